The molecule has 0 atom stereocenters. The topological polar surface area (TPSA) is 55.6 Å². The van der Waals surface area contributed by atoms with Gasteiger partial charge in [-0.1, -0.05) is 18.2 Å². The quantitative estimate of drug-likeness (QED) is 0.425. The number of nitrogens with zero attached hydrogens (tertiary/aromatic N) is 2. The van der Waals surface area contributed by atoms with Crippen LogP contribution in [0, 0.1) is 18.6 Å². The standard InChI is InChI=1S/C24H20F2N2O3/c1-15-3-10-22-21(11-15)27-23(31-22)14-28(13-16-4-7-18(30-2)8-5-16)24(29)19-9-6-17(25)12-20(19)26/h3-12H,13-14H2,1-2H3. The summed E-state index contributed by atoms with van der Waals surface area (Å²) in [5.74, 6) is -1.25. The minimum Gasteiger partial charge on any atom is -0.497 e. The highest BCUT2D eigenvalue weighted by Crippen LogP contribution is 2.22. The van der Waals surface area contributed by atoms with E-state index in [2.05, 4.69) is 4.98 Å². The number of ether oxygens (including phenoxy) is 1. The first kappa shape index (κ1) is 20.5. The van der Waals surface area contributed by atoms with Crippen molar-refractivity contribution in [3.05, 3.63) is 94.9 Å². The van der Waals surface area contributed by atoms with Crippen LogP contribution in [0.3, 0.4) is 0 Å². The molecule has 0 spiro atoms. The summed E-state index contributed by atoms with van der Waals surface area (Å²) in [5.41, 5.74) is 2.91. The van der Waals surface area contributed by atoms with Crippen LogP contribution in [0.1, 0.15) is 27.4 Å². The van der Waals surface area contributed by atoms with Gasteiger partial charge in [-0.3, -0.25) is 4.79 Å². The van der Waals surface area contributed by atoms with E-state index in [4.69, 9.17) is 9.15 Å². The molecule has 1 heterocycles. The normalized spacial score (nSPS) is 11.0. The first-order valence-electron chi connectivity index (χ1n) is 9.66. The highest BCUT2D eigenvalue weighted by Gasteiger charge is 2.22. The molecular weight excluding hydrogens is 402 g/mol. The molecule has 0 saturated carbocycles. The van der Waals surface area contributed by atoms with Crippen molar-refractivity contribution in [3.63, 3.8) is 0 Å². The summed E-state index contributed by atoms with van der Waals surface area (Å²) < 4.78 is 38.6. The average molecular weight is 422 g/mol. The molecule has 3 aromatic carbocycles. The van der Waals surface area contributed by atoms with E-state index in [0.717, 1.165) is 23.3 Å². The van der Waals surface area contributed by atoms with Crippen molar-refractivity contribution in [2.75, 3.05) is 7.11 Å². The Hall–Kier alpha value is -3.74. The second-order valence-electron chi connectivity index (χ2n) is 7.21. The number of fused-ring (bicyclic) bond motifs is 1. The lowest BCUT2D eigenvalue weighted by Gasteiger charge is -2.22. The summed E-state index contributed by atoms with van der Waals surface area (Å²) in [5, 5.41) is 0. The number of carbonyl (C=O) groups is 1. The van der Waals surface area contributed by atoms with Gasteiger partial charge in [0.05, 0.1) is 19.2 Å². The second kappa shape index (κ2) is 8.55. The average Bonchev–Trinajstić information content (AvgIpc) is 3.15. The Kier molecular flexibility index (Phi) is 5.66. The SMILES string of the molecule is COc1ccc(CN(Cc2nc3cc(C)ccc3o2)C(=O)c2ccc(F)cc2F)cc1. The third kappa shape index (κ3) is 4.55. The molecule has 0 unspecified atom stereocenters. The number of benzene rings is 3. The number of halogens is 2. The molecule has 0 saturated heterocycles. The summed E-state index contributed by atoms with van der Waals surface area (Å²) in [4.78, 5) is 19.0. The van der Waals surface area contributed by atoms with Gasteiger partial charge in [-0.15, -0.1) is 0 Å². The fourth-order valence-corrected chi connectivity index (χ4v) is 3.30. The molecule has 0 radical (unpaired) electrons. The van der Waals surface area contributed by atoms with Gasteiger partial charge in [0.1, 0.15) is 22.9 Å². The molecule has 5 nitrogen and oxygen atoms in total. The molecule has 0 bridgehead atoms. The summed E-state index contributed by atoms with van der Waals surface area (Å²) in [7, 11) is 1.57. The minimum atomic E-state index is -0.919. The van der Waals surface area contributed by atoms with E-state index in [1.807, 2.05) is 37.3 Å². The second-order valence-corrected chi connectivity index (χ2v) is 7.21. The Morgan fingerprint density at radius 3 is 2.52 bits per heavy atom. The van der Waals surface area contributed by atoms with Crippen LogP contribution in [-0.2, 0) is 13.1 Å². The van der Waals surface area contributed by atoms with Gasteiger partial charge in [0, 0.05) is 12.6 Å². The maximum absolute atomic E-state index is 14.3. The number of aryl methyl sites for hydroxylation is 1. The van der Waals surface area contributed by atoms with Crippen LogP contribution in [0.25, 0.3) is 11.1 Å². The van der Waals surface area contributed by atoms with Crippen LogP contribution < -0.4 is 4.74 Å². The fourth-order valence-electron chi connectivity index (χ4n) is 3.30. The molecule has 1 amide bonds. The van der Waals surface area contributed by atoms with Crippen LogP contribution in [0.2, 0.25) is 0 Å². The maximum Gasteiger partial charge on any atom is 0.257 e. The van der Waals surface area contributed by atoms with Gasteiger partial charge in [-0.05, 0) is 54.4 Å². The molecule has 0 fully saturated rings. The van der Waals surface area contributed by atoms with E-state index in [9.17, 15) is 13.6 Å². The third-order valence-electron chi connectivity index (χ3n) is 4.89. The van der Waals surface area contributed by atoms with Crippen molar-refractivity contribution < 1.29 is 22.7 Å². The van der Waals surface area contributed by atoms with E-state index in [1.54, 1.807) is 19.2 Å². The van der Waals surface area contributed by atoms with Crippen molar-refractivity contribution in [2.45, 2.75) is 20.0 Å². The molecule has 7 heteroatoms. The zero-order chi connectivity index (χ0) is 22.0. The summed E-state index contributed by atoms with van der Waals surface area (Å²) >= 11 is 0. The molecule has 0 aliphatic rings. The molecule has 4 rings (SSSR count). The largest absolute Gasteiger partial charge is 0.497 e. The minimum absolute atomic E-state index is 0.0232. The van der Waals surface area contributed by atoms with E-state index in [1.165, 1.54) is 4.90 Å². The number of oxazole rings is 1. The highest BCUT2D eigenvalue weighted by atomic mass is 19.1. The van der Waals surface area contributed by atoms with E-state index in [-0.39, 0.29) is 18.7 Å². The summed E-state index contributed by atoms with van der Waals surface area (Å²) in [6, 6.07) is 15.7. The van der Waals surface area contributed by atoms with Gasteiger partial charge in [0.25, 0.3) is 5.91 Å². The Morgan fingerprint density at radius 1 is 1.03 bits per heavy atom. The van der Waals surface area contributed by atoms with Crippen LogP contribution >= 0.6 is 0 Å². The van der Waals surface area contributed by atoms with Crippen molar-refractivity contribution in [3.8, 4) is 5.75 Å². The summed E-state index contributed by atoms with van der Waals surface area (Å²) in [6.45, 7) is 2.15. The van der Waals surface area contributed by atoms with Crippen LogP contribution in [0.15, 0.2) is 65.1 Å². The lowest BCUT2D eigenvalue weighted by atomic mass is 10.1. The van der Waals surface area contributed by atoms with Crippen molar-refractivity contribution in [2.24, 2.45) is 0 Å². The smallest absolute Gasteiger partial charge is 0.257 e. The van der Waals surface area contributed by atoms with E-state index < -0.39 is 17.5 Å². The maximum atomic E-state index is 14.3. The third-order valence-corrected chi connectivity index (χ3v) is 4.89. The van der Waals surface area contributed by atoms with Crippen LogP contribution in [0.4, 0.5) is 8.78 Å². The molecule has 0 aliphatic heterocycles. The van der Waals surface area contributed by atoms with Gasteiger partial charge in [0.2, 0.25) is 5.89 Å². The number of hydrogen-bond acceptors (Lipinski definition) is 4. The van der Waals surface area contributed by atoms with Crippen molar-refractivity contribution in [1.82, 2.24) is 9.88 Å². The Bertz CT molecular complexity index is 1240. The predicted octanol–water partition coefficient (Wildman–Crippen LogP) is 5.27. The molecule has 0 aliphatic carbocycles. The van der Waals surface area contributed by atoms with E-state index in [0.29, 0.717) is 28.8 Å². The number of rotatable bonds is 6. The highest BCUT2D eigenvalue weighted by molar-refractivity contribution is 5.94. The van der Waals surface area contributed by atoms with Crippen LogP contribution in [0.5, 0.6) is 5.75 Å². The van der Waals surface area contributed by atoms with Crippen molar-refractivity contribution in [1.29, 1.82) is 0 Å². The monoisotopic (exact) mass is 422 g/mol. The number of methoxy groups -OCH3 is 1. The number of amides is 1. The molecule has 1 aromatic heterocycles. The molecular formula is C24H20F2N2O3. The molecule has 0 N–H and O–H groups in total. The number of hydrogen-bond donors (Lipinski definition) is 0. The lowest BCUT2D eigenvalue weighted by Crippen LogP contribution is -2.31. The first-order chi connectivity index (χ1) is 14.9. The number of carbonyl (C=O) groups excluding carboxylic acids is 1. The molecule has 31 heavy (non-hydrogen) atoms. The predicted molar refractivity (Wildman–Crippen MR) is 112 cm³/mol. The molecule has 4 aromatic rings. The van der Waals surface area contributed by atoms with Crippen LogP contribution in [-0.4, -0.2) is 22.9 Å². The number of aromatic nitrogens is 1. The van der Waals surface area contributed by atoms with Gasteiger partial charge in [-0.25, -0.2) is 13.8 Å². The summed E-state index contributed by atoms with van der Waals surface area (Å²) in [6.07, 6.45) is 0. The Labute approximate surface area is 177 Å². The molecule has 158 valence electrons. The van der Waals surface area contributed by atoms with Gasteiger partial charge in [-0.2, -0.15) is 0 Å². The van der Waals surface area contributed by atoms with E-state index >= 15 is 0 Å². The zero-order valence-electron chi connectivity index (χ0n) is 17.1. The lowest BCUT2D eigenvalue weighted by molar-refractivity contribution is 0.0710. The van der Waals surface area contributed by atoms with Gasteiger partial charge < -0.3 is 14.1 Å². The van der Waals surface area contributed by atoms with Gasteiger partial charge >= 0.3 is 0 Å². The zero-order valence-corrected chi connectivity index (χ0v) is 17.1. The fraction of sp³-hybridized carbons (Fsp3) is 0.167. The first-order valence-corrected chi connectivity index (χ1v) is 9.66. The Balaban J connectivity index is 1.66. The van der Waals surface area contributed by atoms with Crippen molar-refractivity contribution >= 4 is 17.0 Å². The Morgan fingerprint density at radius 2 is 1.81 bits per heavy atom. The van der Waals surface area contributed by atoms with Gasteiger partial charge in [0.15, 0.2) is 5.58 Å².